The largest absolute Gasteiger partial charge is 0.312 e. The summed E-state index contributed by atoms with van der Waals surface area (Å²) in [5.74, 6) is -0.241. The van der Waals surface area contributed by atoms with Crippen LogP contribution in [-0.2, 0) is 6.54 Å². The molecule has 3 heterocycles. The number of nitrogens with one attached hydrogen (secondary N) is 1. The molecule has 0 aromatic carbocycles. The van der Waals surface area contributed by atoms with Crippen LogP contribution < -0.4 is 0 Å². The van der Waals surface area contributed by atoms with Crippen molar-refractivity contribution in [3.63, 3.8) is 0 Å². The summed E-state index contributed by atoms with van der Waals surface area (Å²) in [6, 6.07) is 9.26. The molecule has 1 atom stereocenters. The van der Waals surface area contributed by atoms with Crippen LogP contribution in [0.2, 0.25) is 5.15 Å². The summed E-state index contributed by atoms with van der Waals surface area (Å²) in [6.45, 7) is 0.554. The third kappa shape index (κ3) is 3.76. The number of aromatic nitrogens is 3. The molecule has 0 aliphatic carbocycles. The number of hydrogen-bond donors (Lipinski definition) is 1. The maximum absolute atomic E-state index is 7.63. The van der Waals surface area contributed by atoms with Crippen LogP contribution in [0.25, 0.3) is 11.0 Å². The van der Waals surface area contributed by atoms with Gasteiger partial charge in [0.15, 0.2) is 0 Å². The van der Waals surface area contributed by atoms with Gasteiger partial charge in [0.1, 0.15) is 5.15 Å². The predicted molar refractivity (Wildman–Crippen MR) is 92.5 cm³/mol. The highest BCUT2D eigenvalue weighted by molar-refractivity contribution is 6.29. The van der Waals surface area contributed by atoms with Gasteiger partial charge in [-0.2, -0.15) is 0 Å². The van der Waals surface area contributed by atoms with Crippen molar-refractivity contribution >= 4 is 35.1 Å². The molecule has 0 saturated carbocycles. The first-order chi connectivity index (χ1) is 11.3. The molecule has 3 aromatic heterocycles. The Hall–Kier alpha value is -2.66. The monoisotopic (exact) mass is 323 g/mol. The van der Waals surface area contributed by atoms with Gasteiger partial charge in [0.25, 0.3) is 0 Å². The molecule has 0 amide bonds. The second-order valence-corrected chi connectivity index (χ2v) is 5.37. The lowest BCUT2D eigenvalue weighted by molar-refractivity contribution is 1.05. The molecule has 0 aliphatic heterocycles. The first-order valence-electron chi connectivity index (χ1n) is 7.08. The molecule has 0 fully saturated rings. The lowest BCUT2D eigenvalue weighted by Gasteiger charge is -2.07. The number of fused-ring (bicyclic) bond motifs is 1. The lowest BCUT2D eigenvalue weighted by atomic mass is 10.0. The Morgan fingerprint density at radius 2 is 2.00 bits per heavy atom. The van der Waals surface area contributed by atoms with E-state index < -0.39 is 0 Å². The van der Waals surface area contributed by atoms with Crippen molar-refractivity contribution in [1.29, 1.82) is 5.41 Å². The highest BCUT2D eigenvalue weighted by Crippen LogP contribution is 2.18. The summed E-state index contributed by atoms with van der Waals surface area (Å²) >= 11 is 5.92. The molecule has 0 radical (unpaired) electrons. The van der Waals surface area contributed by atoms with E-state index >= 15 is 0 Å². The quantitative estimate of drug-likeness (QED) is 0.575. The standard InChI is InChI=1S/C17H14ClN5/c18-17-2-1-15-16(23-17)7-13(11-22-15)14(8-19)10-21-9-12-3-5-20-6-4-12/h1-8,10-11,14,19H,9H2. The topological polar surface area (TPSA) is 74.9 Å². The van der Waals surface area contributed by atoms with Gasteiger partial charge in [-0.25, -0.2) is 4.98 Å². The minimum absolute atomic E-state index is 0.241. The number of rotatable bonds is 5. The first-order valence-corrected chi connectivity index (χ1v) is 7.46. The van der Waals surface area contributed by atoms with E-state index in [4.69, 9.17) is 17.0 Å². The number of aliphatic imine (C=N–C) groups is 1. The molecule has 0 spiro atoms. The van der Waals surface area contributed by atoms with Gasteiger partial charge in [-0.1, -0.05) is 11.6 Å². The molecule has 1 N–H and O–H groups in total. The highest BCUT2D eigenvalue weighted by Gasteiger charge is 2.08. The molecule has 23 heavy (non-hydrogen) atoms. The van der Waals surface area contributed by atoms with Gasteiger partial charge in [-0.3, -0.25) is 15.0 Å². The molecule has 0 saturated heterocycles. The fourth-order valence-corrected chi connectivity index (χ4v) is 2.32. The Bertz CT molecular complexity index is 848. The Balaban J connectivity index is 1.81. The fourth-order valence-electron chi connectivity index (χ4n) is 2.16. The summed E-state index contributed by atoms with van der Waals surface area (Å²) in [5.41, 5.74) is 3.42. The van der Waals surface area contributed by atoms with Crippen molar-refractivity contribution in [2.45, 2.75) is 12.5 Å². The Morgan fingerprint density at radius 1 is 1.17 bits per heavy atom. The molecule has 6 heteroatoms. The number of pyridine rings is 3. The second kappa shape index (κ2) is 7.07. The zero-order valence-corrected chi connectivity index (χ0v) is 13.0. The SMILES string of the molecule is N=CC(C=NCc1ccncc1)c1cnc2ccc(Cl)nc2c1. The fraction of sp³-hybridized carbons (Fsp3) is 0.118. The van der Waals surface area contributed by atoms with Crippen LogP contribution >= 0.6 is 11.6 Å². The van der Waals surface area contributed by atoms with Crippen molar-refractivity contribution in [1.82, 2.24) is 15.0 Å². The summed E-state index contributed by atoms with van der Waals surface area (Å²) < 4.78 is 0. The van der Waals surface area contributed by atoms with E-state index in [1.54, 1.807) is 30.9 Å². The van der Waals surface area contributed by atoms with Crippen molar-refractivity contribution in [3.05, 3.63) is 65.2 Å². The van der Waals surface area contributed by atoms with Crippen molar-refractivity contribution in [2.24, 2.45) is 4.99 Å². The van der Waals surface area contributed by atoms with Gasteiger partial charge in [0.05, 0.1) is 23.5 Å². The van der Waals surface area contributed by atoms with E-state index in [0.717, 1.165) is 16.6 Å². The smallest absolute Gasteiger partial charge is 0.129 e. The maximum atomic E-state index is 7.63. The third-order valence-corrected chi connectivity index (χ3v) is 3.59. The van der Waals surface area contributed by atoms with E-state index in [1.807, 2.05) is 24.3 Å². The Labute approximate surface area is 138 Å². The zero-order valence-electron chi connectivity index (χ0n) is 12.2. The molecule has 0 aliphatic rings. The molecular formula is C17H14ClN5. The van der Waals surface area contributed by atoms with Crippen LogP contribution in [0.5, 0.6) is 0 Å². The molecule has 3 rings (SSSR count). The minimum Gasteiger partial charge on any atom is -0.312 e. The number of halogens is 1. The van der Waals surface area contributed by atoms with Crippen LogP contribution in [0.3, 0.4) is 0 Å². The maximum Gasteiger partial charge on any atom is 0.129 e. The van der Waals surface area contributed by atoms with Gasteiger partial charge in [0.2, 0.25) is 0 Å². The van der Waals surface area contributed by atoms with E-state index in [2.05, 4.69) is 19.9 Å². The van der Waals surface area contributed by atoms with Gasteiger partial charge in [-0.15, -0.1) is 0 Å². The van der Waals surface area contributed by atoms with Crippen LogP contribution in [-0.4, -0.2) is 27.4 Å². The van der Waals surface area contributed by atoms with E-state index in [-0.39, 0.29) is 5.92 Å². The van der Waals surface area contributed by atoms with Crippen LogP contribution in [0.1, 0.15) is 17.0 Å². The number of hydrogen-bond acceptors (Lipinski definition) is 5. The zero-order chi connectivity index (χ0) is 16.1. The van der Waals surface area contributed by atoms with Crippen molar-refractivity contribution in [2.75, 3.05) is 0 Å². The van der Waals surface area contributed by atoms with Crippen LogP contribution in [0.4, 0.5) is 0 Å². The average molecular weight is 324 g/mol. The van der Waals surface area contributed by atoms with E-state index in [0.29, 0.717) is 17.2 Å². The Morgan fingerprint density at radius 3 is 2.78 bits per heavy atom. The van der Waals surface area contributed by atoms with Gasteiger partial charge in [0, 0.05) is 31.0 Å². The summed E-state index contributed by atoms with van der Waals surface area (Å²) in [7, 11) is 0. The van der Waals surface area contributed by atoms with Gasteiger partial charge < -0.3 is 5.41 Å². The van der Waals surface area contributed by atoms with Crippen LogP contribution in [0, 0.1) is 5.41 Å². The van der Waals surface area contributed by atoms with Crippen molar-refractivity contribution in [3.8, 4) is 0 Å². The predicted octanol–water partition coefficient (Wildman–Crippen LogP) is 3.68. The van der Waals surface area contributed by atoms with Crippen LogP contribution in [0.15, 0.2) is 53.9 Å². The third-order valence-electron chi connectivity index (χ3n) is 3.38. The highest BCUT2D eigenvalue weighted by atomic mass is 35.5. The normalized spacial score (nSPS) is 12.6. The molecule has 5 nitrogen and oxygen atoms in total. The number of nitrogens with zero attached hydrogens (tertiary/aromatic N) is 4. The first kappa shape index (κ1) is 15.2. The molecule has 1 unspecified atom stereocenters. The average Bonchev–Trinajstić information content (AvgIpc) is 2.59. The summed E-state index contributed by atoms with van der Waals surface area (Å²) in [5, 5.41) is 8.06. The van der Waals surface area contributed by atoms with Gasteiger partial charge in [-0.05, 0) is 41.5 Å². The van der Waals surface area contributed by atoms with Crippen molar-refractivity contribution < 1.29 is 0 Å². The molecule has 0 bridgehead atoms. The van der Waals surface area contributed by atoms with Gasteiger partial charge >= 0.3 is 0 Å². The van der Waals surface area contributed by atoms with E-state index in [1.165, 1.54) is 6.21 Å². The lowest BCUT2D eigenvalue weighted by Crippen LogP contribution is -2.03. The van der Waals surface area contributed by atoms with E-state index in [9.17, 15) is 0 Å². The summed E-state index contributed by atoms with van der Waals surface area (Å²) in [4.78, 5) is 17.0. The molecule has 114 valence electrons. The Kier molecular flexibility index (Phi) is 4.68. The molecular weight excluding hydrogens is 310 g/mol. The summed E-state index contributed by atoms with van der Waals surface area (Å²) in [6.07, 6.45) is 8.31. The minimum atomic E-state index is -0.241. The molecule has 3 aromatic rings. The second-order valence-electron chi connectivity index (χ2n) is 4.98.